The molecule has 0 bridgehead atoms. The number of hydrogen-bond acceptors (Lipinski definition) is 3. The van der Waals surface area contributed by atoms with E-state index >= 15 is 0 Å². The molecule has 126 valence electrons. The predicted octanol–water partition coefficient (Wildman–Crippen LogP) is 3.58. The summed E-state index contributed by atoms with van der Waals surface area (Å²) in [4.78, 5) is 25.9. The summed E-state index contributed by atoms with van der Waals surface area (Å²) < 4.78 is 7.89. The van der Waals surface area contributed by atoms with E-state index in [1.165, 1.54) is 0 Å². The number of likely N-dealkylation sites (tertiary alicyclic amines) is 1. The number of aromatic nitrogens is 1. The lowest BCUT2D eigenvalue weighted by molar-refractivity contribution is 0.0828. The first kappa shape index (κ1) is 16.8. The number of pyridine rings is 1. The summed E-state index contributed by atoms with van der Waals surface area (Å²) in [5.41, 5.74) is 0.955. The lowest BCUT2D eigenvalue weighted by Gasteiger charge is -2.32. The fraction of sp³-hybridized carbons (Fsp3) is 0.333. The minimum absolute atomic E-state index is 0.0190. The summed E-state index contributed by atoms with van der Waals surface area (Å²) in [6.45, 7) is 1.48. The van der Waals surface area contributed by atoms with Crippen LogP contribution in [0.4, 0.5) is 4.79 Å². The van der Waals surface area contributed by atoms with E-state index in [2.05, 4.69) is 15.9 Å². The second kappa shape index (κ2) is 7.66. The van der Waals surface area contributed by atoms with E-state index in [9.17, 15) is 9.59 Å². The van der Waals surface area contributed by atoms with Crippen LogP contribution in [0.5, 0.6) is 0 Å². The summed E-state index contributed by atoms with van der Waals surface area (Å²) in [5, 5.41) is 0. The quantitative estimate of drug-likeness (QED) is 0.804. The minimum Gasteiger partial charge on any atom is -0.445 e. The lowest BCUT2D eigenvalue weighted by Crippen LogP contribution is -2.40. The molecule has 0 N–H and O–H groups in total. The van der Waals surface area contributed by atoms with Gasteiger partial charge in [0.25, 0.3) is 5.56 Å². The van der Waals surface area contributed by atoms with E-state index in [1.807, 2.05) is 36.4 Å². The normalized spacial score (nSPS) is 15.3. The molecule has 0 atom stereocenters. The molecule has 1 saturated heterocycles. The highest BCUT2D eigenvalue weighted by Crippen LogP contribution is 2.22. The van der Waals surface area contributed by atoms with Crippen LogP contribution in [-0.4, -0.2) is 28.6 Å². The lowest BCUT2D eigenvalue weighted by atomic mass is 10.1. The predicted molar refractivity (Wildman–Crippen MR) is 94.9 cm³/mol. The number of rotatable bonds is 3. The Labute approximate surface area is 149 Å². The highest BCUT2D eigenvalue weighted by atomic mass is 79.9. The molecule has 1 amide bonds. The zero-order valence-corrected chi connectivity index (χ0v) is 14.8. The van der Waals surface area contributed by atoms with Gasteiger partial charge in [0.2, 0.25) is 0 Å². The highest BCUT2D eigenvalue weighted by molar-refractivity contribution is 9.10. The van der Waals surface area contributed by atoms with Crippen LogP contribution in [0.3, 0.4) is 0 Å². The molecule has 0 spiro atoms. The molecule has 0 radical (unpaired) electrons. The molecule has 1 aromatic carbocycles. The van der Waals surface area contributed by atoms with E-state index in [4.69, 9.17) is 4.74 Å². The minimum atomic E-state index is -0.291. The van der Waals surface area contributed by atoms with Gasteiger partial charge in [-0.05, 0) is 24.5 Å². The molecule has 1 aliphatic rings. The van der Waals surface area contributed by atoms with Crippen molar-refractivity contribution in [2.45, 2.75) is 25.5 Å². The molecular formula is C18H19BrN2O3. The van der Waals surface area contributed by atoms with Gasteiger partial charge in [-0.1, -0.05) is 46.3 Å². The number of nitrogens with zero attached hydrogens (tertiary/aromatic N) is 2. The molecule has 6 heteroatoms. The topological polar surface area (TPSA) is 51.5 Å². The van der Waals surface area contributed by atoms with Gasteiger partial charge in [0, 0.05) is 35.9 Å². The van der Waals surface area contributed by atoms with Crippen molar-refractivity contribution in [2.75, 3.05) is 13.1 Å². The standard InChI is InChI=1S/C18H19BrN2O3/c19-15-6-11-21(17(22)12-15)16-7-9-20(10-8-16)18(23)24-13-14-4-2-1-3-5-14/h1-6,11-12,16H,7-10,13H2. The highest BCUT2D eigenvalue weighted by Gasteiger charge is 2.25. The molecule has 0 aliphatic carbocycles. The number of amides is 1. The maximum Gasteiger partial charge on any atom is 0.410 e. The van der Waals surface area contributed by atoms with Gasteiger partial charge in [0.1, 0.15) is 6.61 Å². The van der Waals surface area contributed by atoms with Crippen LogP contribution in [-0.2, 0) is 11.3 Å². The first-order chi connectivity index (χ1) is 11.6. The van der Waals surface area contributed by atoms with Crippen LogP contribution in [0.1, 0.15) is 24.4 Å². The molecule has 3 rings (SSSR count). The van der Waals surface area contributed by atoms with Crippen LogP contribution in [0.2, 0.25) is 0 Å². The zero-order valence-electron chi connectivity index (χ0n) is 13.2. The molecule has 2 heterocycles. The van der Waals surface area contributed by atoms with E-state index < -0.39 is 0 Å². The number of piperidine rings is 1. The third-order valence-electron chi connectivity index (χ3n) is 4.23. The molecular weight excluding hydrogens is 372 g/mol. The largest absolute Gasteiger partial charge is 0.445 e. The Hall–Kier alpha value is -2.08. The number of benzene rings is 1. The molecule has 5 nitrogen and oxygen atoms in total. The Kier molecular flexibility index (Phi) is 5.35. The smallest absolute Gasteiger partial charge is 0.410 e. The molecule has 2 aromatic rings. The Bertz CT molecular complexity index is 752. The fourth-order valence-electron chi connectivity index (χ4n) is 2.90. The molecule has 0 unspecified atom stereocenters. The van der Waals surface area contributed by atoms with Gasteiger partial charge in [-0.25, -0.2) is 4.79 Å². The maximum atomic E-state index is 12.2. The number of carbonyl (C=O) groups is 1. The average Bonchev–Trinajstić information content (AvgIpc) is 2.61. The third kappa shape index (κ3) is 4.06. The average molecular weight is 391 g/mol. The molecule has 1 fully saturated rings. The SMILES string of the molecule is O=C(OCc1ccccc1)N1CCC(n2ccc(Br)cc2=O)CC1. The van der Waals surface area contributed by atoms with Crippen molar-refractivity contribution >= 4 is 22.0 Å². The van der Waals surface area contributed by atoms with Crippen LogP contribution in [0.15, 0.2) is 57.9 Å². The summed E-state index contributed by atoms with van der Waals surface area (Å²) in [7, 11) is 0. The van der Waals surface area contributed by atoms with Crippen LogP contribution in [0, 0.1) is 0 Å². The molecule has 1 aromatic heterocycles. The van der Waals surface area contributed by atoms with Gasteiger partial charge in [-0.2, -0.15) is 0 Å². The summed E-state index contributed by atoms with van der Waals surface area (Å²) in [6, 6.07) is 13.2. The second-order valence-electron chi connectivity index (χ2n) is 5.85. The van der Waals surface area contributed by atoms with E-state index in [0.29, 0.717) is 13.1 Å². The van der Waals surface area contributed by atoms with E-state index in [0.717, 1.165) is 22.9 Å². The Morgan fingerprint density at radius 1 is 1.17 bits per heavy atom. The van der Waals surface area contributed by atoms with Crippen molar-refractivity contribution in [3.05, 3.63) is 69.1 Å². The van der Waals surface area contributed by atoms with Gasteiger partial charge >= 0.3 is 6.09 Å². The van der Waals surface area contributed by atoms with Crippen molar-refractivity contribution in [1.29, 1.82) is 0 Å². The van der Waals surface area contributed by atoms with Crippen molar-refractivity contribution in [3.63, 3.8) is 0 Å². The monoisotopic (exact) mass is 390 g/mol. The van der Waals surface area contributed by atoms with Gasteiger partial charge in [-0.3, -0.25) is 4.79 Å². The molecule has 1 aliphatic heterocycles. The first-order valence-corrected chi connectivity index (χ1v) is 8.76. The maximum absolute atomic E-state index is 12.2. The Morgan fingerprint density at radius 3 is 2.54 bits per heavy atom. The summed E-state index contributed by atoms with van der Waals surface area (Å²) in [6.07, 6.45) is 3.02. The summed E-state index contributed by atoms with van der Waals surface area (Å²) >= 11 is 3.30. The number of carbonyl (C=O) groups excluding carboxylic acids is 1. The van der Waals surface area contributed by atoms with Crippen molar-refractivity contribution in [1.82, 2.24) is 9.47 Å². The van der Waals surface area contributed by atoms with Crippen LogP contribution < -0.4 is 5.56 Å². The molecule has 0 saturated carbocycles. The van der Waals surface area contributed by atoms with E-state index in [-0.39, 0.29) is 24.3 Å². The Balaban J connectivity index is 1.53. The number of ether oxygens (including phenoxy) is 1. The molecule has 24 heavy (non-hydrogen) atoms. The third-order valence-corrected chi connectivity index (χ3v) is 4.72. The van der Waals surface area contributed by atoms with Crippen molar-refractivity contribution < 1.29 is 9.53 Å². The van der Waals surface area contributed by atoms with Crippen LogP contribution in [0.25, 0.3) is 0 Å². The number of hydrogen-bond donors (Lipinski definition) is 0. The first-order valence-electron chi connectivity index (χ1n) is 7.97. The van der Waals surface area contributed by atoms with Crippen LogP contribution >= 0.6 is 15.9 Å². The summed E-state index contributed by atoms with van der Waals surface area (Å²) in [5.74, 6) is 0. The fourth-order valence-corrected chi connectivity index (χ4v) is 3.22. The van der Waals surface area contributed by atoms with Gasteiger partial charge < -0.3 is 14.2 Å². The second-order valence-corrected chi connectivity index (χ2v) is 6.76. The zero-order chi connectivity index (χ0) is 16.9. The van der Waals surface area contributed by atoms with Crippen molar-refractivity contribution in [2.24, 2.45) is 0 Å². The van der Waals surface area contributed by atoms with E-state index in [1.54, 1.807) is 21.7 Å². The number of halogens is 1. The van der Waals surface area contributed by atoms with Crippen molar-refractivity contribution in [3.8, 4) is 0 Å². The Morgan fingerprint density at radius 2 is 1.88 bits per heavy atom. The van der Waals surface area contributed by atoms with Gasteiger partial charge in [-0.15, -0.1) is 0 Å². The van der Waals surface area contributed by atoms with Gasteiger partial charge in [0.15, 0.2) is 0 Å². The van der Waals surface area contributed by atoms with Gasteiger partial charge in [0.05, 0.1) is 0 Å².